The number of aromatic nitrogens is 1. The number of amides is 1. The van der Waals surface area contributed by atoms with Gasteiger partial charge < -0.3 is 9.80 Å². The SMILES string of the molecule is N#Cc1ccc(N2CCCN(C(=O)c3cc(-c4cccs4)nc4ccccc34)CC2)cc1. The van der Waals surface area contributed by atoms with Gasteiger partial charge in [-0.3, -0.25) is 4.79 Å². The van der Waals surface area contributed by atoms with E-state index in [0.717, 1.165) is 53.2 Å². The van der Waals surface area contributed by atoms with Crippen LogP contribution in [0.1, 0.15) is 22.3 Å². The van der Waals surface area contributed by atoms with Crippen LogP contribution in [0.3, 0.4) is 0 Å². The summed E-state index contributed by atoms with van der Waals surface area (Å²) in [7, 11) is 0. The molecule has 4 aromatic rings. The molecule has 0 saturated carbocycles. The van der Waals surface area contributed by atoms with Crippen LogP contribution in [0.15, 0.2) is 72.1 Å². The summed E-state index contributed by atoms with van der Waals surface area (Å²) in [5.41, 5.74) is 4.15. The van der Waals surface area contributed by atoms with Gasteiger partial charge in [0, 0.05) is 37.3 Å². The second-order valence-electron chi connectivity index (χ2n) is 7.84. The Labute approximate surface area is 191 Å². The van der Waals surface area contributed by atoms with Gasteiger partial charge in [-0.05, 0) is 54.3 Å². The third kappa shape index (κ3) is 3.95. The van der Waals surface area contributed by atoms with Crippen molar-refractivity contribution in [3.63, 3.8) is 0 Å². The maximum atomic E-state index is 13.7. The molecule has 1 fully saturated rings. The first-order valence-corrected chi connectivity index (χ1v) is 11.6. The maximum absolute atomic E-state index is 13.7. The van der Waals surface area contributed by atoms with Gasteiger partial charge in [0.05, 0.1) is 33.3 Å². The molecule has 0 atom stereocenters. The van der Waals surface area contributed by atoms with Crippen LogP contribution >= 0.6 is 11.3 Å². The Kier molecular flexibility index (Phi) is 5.57. The molecule has 0 spiro atoms. The van der Waals surface area contributed by atoms with Crippen LogP contribution in [0.2, 0.25) is 0 Å². The van der Waals surface area contributed by atoms with Crippen LogP contribution in [-0.4, -0.2) is 42.0 Å². The van der Waals surface area contributed by atoms with Gasteiger partial charge in [-0.2, -0.15) is 5.26 Å². The minimum Gasteiger partial charge on any atom is -0.370 e. The highest BCUT2D eigenvalue weighted by atomic mass is 32.1. The van der Waals surface area contributed by atoms with Crippen LogP contribution < -0.4 is 4.90 Å². The van der Waals surface area contributed by atoms with Gasteiger partial charge in [0.2, 0.25) is 0 Å². The number of hydrogen-bond donors (Lipinski definition) is 0. The first-order chi connectivity index (χ1) is 15.7. The maximum Gasteiger partial charge on any atom is 0.254 e. The van der Waals surface area contributed by atoms with E-state index in [9.17, 15) is 4.79 Å². The first kappa shape index (κ1) is 20.2. The van der Waals surface area contributed by atoms with Gasteiger partial charge in [0.15, 0.2) is 0 Å². The van der Waals surface area contributed by atoms with Crippen LogP contribution in [0, 0.1) is 11.3 Å². The summed E-state index contributed by atoms with van der Waals surface area (Å²) >= 11 is 1.63. The number of benzene rings is 2. The molecule has 0 radical (unpaired) electrons. The topological polar surface area (TPSA) is 60.2 Å². The number of carbonyl (C=O) groups excluding carboxylic acids is 1. The molecule has 2 aromatic carbocycles. The molecule has 1 aliphatic heterocycles. The highest BCUT2D eigenvalue weighted by Crippen LogP contribution is 2.29. The van der Waals surface area contributed by atoms with Gasteiger partial charge in [-0.25, -0.2) is 4.98 Å². The van der Waals surface area contributed by atoms with Gasteiger partial charge >= 0.3 is 0 Å². The lowest BCUT2D eigenvalue weighted by atomic mass is 10.1. The quantitative estimate of drug-likeness (QED) is 0.442. The normalized spacial score (nSPS) is 14.2. The van der Waals surface area contributed by atoms with E-state index in [2.05, 4.69) is 11.0 Å². The number of para-hydroxylation sites is 1. The summed E-state index contributed by atoms with van der Waals surface area (Å²) in [6.07, 6.45) is 0.895. The number of fused-ring (bicyclic) bond motifs is 1. The van der Waals surface area contributed by atoms with E-state index >= 15 is 0 Å². The van der Waals surface area contributed by atoms with E-state index in [0.29, 0.717) is 17.7 Å². The molecule has 158 valence electrons. The molecule has 1 amide bonds. The second-order valence-corrected chi connectivity index (χ2v) is 8.79. The zero-order valence-electron chi connectivity index (χ0n) is 17.6. The lowest BCUT2D eigenvalue weighted by Gasteiger charge is -2.24. The molecule has 0 aliphatic carbocycles. The molecular formula is C26H22N4OS. The molecule has 6 heteroatoms. The second kappa shape index (κ2) is 8.81. The minimum absolute atomic E-state index is 0.0584. The zero-order chi connectivity index (χ0) is 21.9. The summed E-state index contributed by atoms with van der Waals surface area (Å²) in [5, 5.41) is 12.0. The average Bonchev–Trinajstić information content (AvgIpc) is 3.28. The Morgan fingerprint density at radius 2 is 1.81 bits per heavy atom. The Hall–Kier alpha value is -3.69. The van der Waals surface area contributed by atoms with Crippen LogP contribution in [0.4, 0.5) is 5.69 Å². The summed E-state index contributed by atoms with van der Waals surface area (Å²) in [4.78, 5) is 23.8. The van der Waals surface area contributed by atoms with E-state index in [1.54, 1.807) is 11.3 Å². The number of nitriles is 1. The van der Waals surface area contributed by atoms with Gasteiger partial charge in [-0.15, -0.1) is 11.3 Å². The fraction of sp³-hybridized carbons (Fsp3) is 0.192. The molecule has 0 bridgehead atoms. The number of rotatable bonds is 3. The van der Waals surface area contributed by atoms with Crippen molar-refractivity contribution in [3.8, 4) is 16.6 Å². The molecule has 0 N–H and O–H groups in total. The molecule has 0 unspecified atom stereocenters. The Morgan fingerprint density at radius 1 is 0.969 bits per heavy atom. The lowest BCUT2D eigenvalue weighted by Crippen LogP contribution is -2.35. The summed E-state index contributed by atoms with van der Waals surface area (Å²) in [6, 6.07) is 23.7. The lowest BCUT2D eigenvalue weighted by molar-refractivity contribution is 0.0769. The van der Waals surface area contributed by atoms with Crippen molar-refractivity contribution in [1.29, 1.82) is 5.26 Å². The highest BCUT2D eigenvalue weighted by Gasteiger charge is 2.23. The van der Waals surface area contributed by atoms with Crippen LogP contribution in [0.25, 0.3) is 21.5 Å². The molecule has 5 nitrogen and oxygen atoms in total. The zero-order valence-corrected chi connectivity index (χ0v) is 18.4. The summed E-state index contributed by atoms with van der Waals surface area (Å²) in [5.74, 6) is 0.0584. The Bertz CT molecular complexity index is 1290. The fourth-order valence-corrected chi connectivity index (χ4v) is 4.88. The number of carbonyl (C=O) groups is 1. The van der Waals surface area contributed by atoms with Crippen molar-refractivity contribution in [3.05, 3.63) is 83.2 Å². The molecular weight excluding hydrogens is 416 g/mol. The Balaban J connectivity index is 1.42. The first-order valence-electron chi connectivity index (χ1n) is 10.7. The number of anilines is 1. The number of hydrogen-bond acceptors (Lipinski definition) is 5. The van der Waals surface area contributed by atoms with Crippen molar-refractivity contribution < 1.29 is 4.79 Å². The third-order valence-corrected chi connectivity index (χ3v) is 6.76. The van der Waals surface area contributed by atoms with E-state index < -0.39 is 0 Å². The van der Waals surface area contributed by atoms with Gasteiger partial charge in [0.1, 0.15) is 0 Å². The predicted molar refractivity (Wildman–Crippen MR) is 129 cm³/mol. The smallest absolute Gasteiger partial charge is 0.254 e. The number of thiophene rings is 1. The minimum atomic E-state index is 0.0584. The monoisotopic (exact) mass is 438 g/mol. The van der Waals surface area contributed by atoms with Crippen molar-refractivity contribution in [1.82, 2.24) is 9.88 Å². The van der Waals surface area contributed by atoms with E-state index in [1.807, 2.05) is 77.0 Å². The molecule has 32 heavy (non-hydrogen) atoms. The largest absolute Gasteiger partial charge is 0.370 e. The van der Waals surface area contributed by atoms with Crippen molar-refractivity contribution >= 4 is 33.8 Å². The highest BCUT2D eigenvalue weighted by molar-refractivity contribution is 7.13. The third-order valence-electron chi connectivity index (χ3n) is 5.86. The average molecular weight is 439 g/mol. The predicted octanol–water partition coefficient (Wildman–Crippen LogP) is 5.19. The van der Waals surface area contributed by atoms with Crippen LogP contribution in [-0.2, 0) is 0 Å². The number of pyridine rings is 1. The molecule has 3 heterocycles. The van der Waals surface area contributed by atoms with Crippen molar-refractivity contribution in [2.45, 2.75) is 6.42 Å². The van der Waals surface area contributed by atoms with Crippen LogP contribution in [0.5, 0.6) is 0 Å². The number of nitrogens with zero attached hydrogens (tertiary/aromatic N) is 4. The summed E-state index contributed by atoms with van der Waals surface area (Å²) < 4.78 is 0. The summed E-state index contributed by atoms with van der Waals surface area (Å²) in [6.45, 7) is 3.02. The Morgan fingerprint density at radius 3 is 2.59 bits per heavy atom. The van der Waals surface area contributed by atoms with Gasteiger partial charge in [-0.1, -0.05) is 24.3 Å². The van der Waals surface area contributed by atoms with E-state index in [-0.39, 0.29) is 5.91 Å². The van der Waals surface area contributed by atoms with E-state index in [4.69, 9.17) is 10.2 Å². The molecule has 2 aromatic heterocycles. The molecule has 5 rings (SSSR count). The van der Waals surface area contributed by atoms with Crippen molar-refractivity contribution in [2.24, 2.45) is 0 Å². The standard InChI is InChI=1S/C26H22N4OS/c27-18-19-8-10-20(11-9-19)29-12-4-13-30(15-14-29)26(31)22-17-24(25-7-3-16-32-25)28-23-6-2-1-5-21(22)23/h1-3,5-11,16-17H,4,12-15H2. The fourth-order valence-electron chi connectivity index (χ4n) is 4.20. The van der Waals surface area contributed by atoms with E-state index in [1.165, 1.54) is 0 Å². The van der Waals surface area contributed by atoms with Gasteiger partial charge in [0.25, 0.3) is 5.91 Å². The van der Waals surface area contributed by atoms with Crippen molar-refractivity contribution in [2.75, 3.05) is 31.1 Å². The molecule has 1 saturated heterocycles. The molecule has 1 aliphatic rings.